The molecule has 0 unspecified atom stereocenters. The summed E-state index contributed by atoms with van der Waals surface area (Å²) in [6.45, 7) is 4.51. The van der Waals surface area contributed by atoms with Crippen molar-refractivity contribution in [3.8, 4) is 0 Å². The van der Waals surface area contributed by atoms with Crippen LogP contribution in [0.15, 0.2) is 30.3 Å². The van der Waals surface area contributed by atoms with Gasteiger partial charge in [-0.1, -0.05) is 25.1 Å². The van der Waals surface area contributed by atoms with Crippen molar-refractivity contribution in [2.45, 2.75) is 33.1 Å². The van der Waals surface area contributed by atoms with Gasteiger partial charge >= 0.3 is 5.97 Å². The van der Waals surface area contributed by atoms with E-state index in [0.717, 1.165) is 35.4 Å². The average molecular weight is 343 g/mol. The molecular formula is C19H21NO3S. The smallest absolute Gasteiger partial charge is 0.348 e. The number of ether oxygens (including phenoxy) is 1. The van der Waals surface area contributed by atoms with Gasteiger partial charge in [0, 0.05) is 17.1 Å². The topological polar surface area (TPSA) is 46.6 Å². The van der Waals surface area contributed by atoms with Gasteiger partial charge in [-0.15, -0.1) is 11.3 Å². The molecule has 0 aliphatic carbocycles. The van der Waals surface area contributed by atoms with E-state index in [-0.39, 0.29) is 12.5 Å². The molecule has 4 nitrogen and oxygen atoms in total. The first-order valence-electron chi connectivity index (χ1n) is 8.25. The number of carbonyl (C=O) groups is 2. The Morgan fingerprint density at radius 3 is 2.83 bits per heavy atom. The van der Waals surface area contributed by atoms with Gasteiger partial charge in [-0.05, 0) is 49.4 Å². The zero-order valence-electron chi connectivity index (χ0n) is 14.0. The van der Waals surface area contributed by atoms with Gasteiger partial charge in [0.25, 0.3) is 5.91 Å². The summed E-state index contributed by atoms with van der Waals surface area (Å²) >= 11 is 1.42. The zero-order valence-corrected chi connectivity index (χ0v) is 14.8. The summed E-state index contributed by atoms with van der Waals surface area (Å²) in [7, 11) is 0. The molecule has 1 amide bonds. The van der Waals surface area contributed by atoms with Crippen molar-refractivity contribution >= 4 is 28.9 Å². The number of amides is 1. The maximum Gasteiger partial charge on any atom is 0.348 e. The van der Waals surface area contributed by atoms with Crippen LogP contribution < -0.4 is 4.90 Å². The molecule has 0 spiro atoms. The molecule has 5 heteroatoms. The fourth-order valence-corrected chi connectivity index (χ4v) is 4.05. The first kappa shape index (κ1) is 16.7. The molecule has 1 aromatic heterocycles. The van der Waals surface area contributed by atoms with Crippen molar-refractivity contribution in [2.24, 2.45) is 0 Å². The number of para-hydroxylation sites is 1. The lowest BCUT2D eigenvalue weighted by Gasteiger charge is -2.29. The lowest BCUT2D eigenvalue weighted by atomic mass is 10.0. The van der Waals surface area contributed by atoms with Crippen molar-refractivity contribution in [1.29, 1.82) is 0 Å². The van der Waals surface area contributed by atoms with Crippen LogP contribution >= 0.6 is 11.3 Å². The van der Waals surface area contributed by atoms with Crippen LogP contribution in [0.25, 0.3) is 0 Å². The Morgan fingerprint density at radius 1 is 1.29 bits per heavy atom. The van der Waals surface area contributed by atoms with Crippen LogP contribution in [0.4, 0.5) is 5.69 Å². The molecule has 0 radical (unpaired) electrons. The number of aryl methyl sites for hydroxylation is 3. The summed E-state index contributed by atoms with van der Waals surface area (Å²) in [6.07, 6.45) is 2.80. The predicted octanol–water partition coefficient (Wildman–Crippen LogP) is 3.76. The summed E-state index contributed by atoms with van der Waals surface area (Å²) < 4.78 is 5.25. The molecule has 0 bridgehead atoms. The van der Waals surface area contributed by atoms with Gasteiger partial charge in [0.2, 0.25) is 0 Å². The van der Waals surface area contributed by atoms with E-state index in [0.29, 0.717) is 11.4 Å². The summed E-state index contributed by atoms with van der Waals surface area (Å²) in [4.78, 5) is 28.1. The van der Waals surface area contributed by atoms with Gasteiger partial charge in [0.1, 0.15) is 4.88 Å². The molecule has 24 heavy (non-hydrogen) atoms. The molecule has 0 N–H and O–H groups in total. The van der Waals surface area contributed by atoms with Gasteiger partial charge in [0.05, 0.1) is 0 Å². The monoisotopic (exact) mass is 343 g/mol. The van der Waals surface area contributed by atoms with Crippen LogP contribution in [0.2, 0.25) is 0 Å². The SMILES string of the molecule is CCc1cc(C(=O)OCC(=O)N2CCCc3ccccc32)sc1C. The second-order valence-electron chi connectivity index (χ2n) is 5.90. The van der Waals surface area contributed by atoms with Crippen molar-refractivity contribution < 1.29 is 14.3 Å². The van der Waals surface area contributed by atoms with Crippen molar-refractivity contribution in [3.63, 3.8) is 0 Å². The van der Waals surface area contributed by atoms with E-state index >= 15 is 0 Å². The number of thiophene rings is 1. The van der Waals surface area contributed by atoms with Gasteiger partial charge in [-0.3, -0.25) is 4.79 Å². The highest BCUT2D eigenvalue weighted by atomic mass is 32.1. The minimum absolute atomic E-state index is 0.167. The third kappa shape index (κ3) is 3.36. The van der Waals surface area contributed by atoms with Crippen LogP contribution in [-0.4, -0.2) is 25.0 Å². The normalized spacial score (nSPS) is 13.5. The number of anilines is 1. The second kappa shape index (κ2) is 7.18. The van der Waals surface area contributed by atoms with Crippen molar-refractivity contribution in [2.75, 3.05) is 18.1 Å². The summed E-state index contributed by atoms with van der Waals surface area (Å²) in [5.74, 6) is -0.582. The predicted molar refractivity (Wildman–Crippen MR) is 95.8 cm³/mol. The standard InChI is InChI=1S/C19H21NO3S/c1-3-14-11-17(24-13(14)2)19(22)23-12-18(21)20-10-6-8-15-7-4-5-9-16(15)20/h4-5,7,9,11H,3,6,8,10,12H2,1-2H3. The lowest BCUT2D eigenvalue weighted by Crippen LogP contribution is -2.38. The minimum Gasteiger partial charge on any atom is -0.451 e. The number of hydrogen-bond acceptors (Lipinski definition) is 4. The number of nitrogens with zero attached hydrogens (tertiary/aromatic N) is 1. The Kier molecular flexibility index (Phi) is 5.00. The van der Waals surface area contributed by atoms with E-state index in [1.165, 1.54) is 16.9 Å². The van der Waals surface area contributed by atoms with Crippen LogP contribution in [0.5, 0.6) is 0 Å². The lowest BCUT2D eigenvalue weighted by molar-refractivity contribution is -0.121. The van der Waals surface area contributed by atoms with E-state index in [2.05, 4.69) is 6.92 Å². The third-order valence-electron chi connectivity index (χ3n) is 4.34. The van der Waals surface area contributed by atoms with E-state index in [4.69, 9.17) is 4.74 Å². The quantitative estimate of drug-likeness (QED) is 0.794. The van der Waals surface area contributed by atoms with Gasteiger partial charge in [-0.2, -0.15) is 0 Å². The zero-order chi connectivity index (χ0) is 17.1. The molecular weight excluding hydrogens is 322 g/mol. The van der Waals surface area contributed by atoms with E-state index < -0.39 is 5.97 Å². The number of hydrogen-bond donors (Lipinski definition) is 0. The van der Waals surface area contributed by atoms with E-state index in [1.54, 1.807) is 4.90 Å². The Labute approximate surface area is 146 Å². The highest BCUT2D eigenvalue weighted by Crippen LogP contribution is 2.27. The van der Waals surface area contributed by atoms with Crippen LogP contribution in [0, 0.1) is 6.92 Å². The molecule has 0 atom stereocenters. The maximum atomic E-state index is 12.5. The highest BCUT2D eigenvalue weighted by Gasteiger charge is 2.23. The molecule has 0 fully saturated rings. The molecule has 2 aromatic rings. The largest absolute Gasteiger partial charge is 0.451 e. The number of fused-ring (bicyclic) bond motifs is 1. The Bertz CT molecular complexity index is 766. The summed E-state index contributed by atoms with van der Waals surface area (Å²) in [5, 5.41) is 0. The first-order chi connectivity index (χ1) is 11.6. The van der Waals surface area contributed by atoms with Crippen LogP contribution in [-0.2, 0) is 22.4 Å². The molecule has 1 aromatic carbocycles. The first-order valence-corrected chi connectivity index (χ1v) is 9.06. The van der Waals surface area contributed by atoms with E-state index in [1.807, 2.05) is 37.3 Å². The Morgan fingerprint density at radius 2 is 2.08 bits per heavy atom. The fraction of sp³-hybridized carbons (Fsp3) is 0.368. The van der Waals surface area contributed by atoms with Crippen LogP contribution in [0.3, 0.4) is 0 Å². The minimum atomic E-state index is -0.415. The Balaban J connectivity index is 1.64. The molecule has 1 aliphatic rings. The molecule has 2 heterocycles. The molecule has 0 saturated heterocycles. The van der Waals surface area contributed by atoms with Crippen LogP contribution in [0.1, 0.15) is 39.0 Å². The molecule has 3 rings (SSSR count). The fourth-order valence-electron chi connectivity index (χ4n) is 3.04. The van der Waals surface area contributed by atoms with Gasteiger partial charge in [-0.25, -0.2) is 4.79 Å². The number of rotatable bonds is 4. The van der Waals surface area contributed by atoms with E-state index in [9.17, 15) is 9.59 Å². The molecule has 126 valence electrons. The summed E-state index contributed by atoms with van der Waals surface area (Å²) in [6, 6.07) is 9.77. The van der Waals surface area contributed by atoms with Gasteiger partial charge < -0.3 is 9.64 Å². The van der Waals surface area contributed by atoms with Crippen molar-refractivity contribution in [3.05, 3.63) is 51.2 Å². The second-order valence-corrected chi connectivity index (χ2v) is 7.16. The Hall–Kier alpha value is -2.14. The molecule has 0 saturated carbocycles. The number of benzene rings is 1. The molecule has 1 aliphatic heterocycles. The number of esters is 1. The third-order valence-corrected chi connectivity index (χ3v) is 5.41. The highest BCUT2D eigenvalue weighted by molar-refractivity contribution is 7.14. The van der Waals surface area contributed by atoms with Gasteiger partial charge in [0.15, 0.2) is 6.61 Å². The van der Waals surface area contributed by atoms with Crippen molar-refractivity contribution in [1.82, 2.24) is 0 Å². The maximum absolute atomic E-state index is 12.5. The average Bonchev–Trinajstić information content (AvgIpc) is 2.99. The number of carbonyl (C=O) groups excluding carboxylic acids is 2. The summed E-state index contributed by atoms with van der Waals surface area (Å²) in [5.41, 5.74) is 3.26.